The van der Waals surface area contributed by atoms with Crippen LogP contribution >= 0.6 is 0 Å². The molecule has 1 aliphatic rings. The minimum absolute atomic E-state index is 0.134. The minimum Gasteiger partial charge on any atom is -0.341 e. The number of hydrogen-bond donors (Lipinski definition) is 1. The predicted octanol–water partition coefficient (Wildman–Crippen LogP) is 2.10. The third kappa shape index (κ3) is 4.31. The molecule has 0 aromatic heterocycles. The Morgan fingerprint density at radius 2 is 2.11 bits per heavy atom. The van der Waals surface area contributed by atoms with Crippen molar-refractivity contribution in [3.8, 4) is 0 Å². The van der Waals surface area contributed by atoms with Crippen LogP contribution in [-0.2, 0) is 11.2 Å². The molecule has 104 valence electrons. The highest BCUT2D eigenvalue weighted by atomic mass is 19.1. The number of piperidine rings is 1. The number of nitrogens with zero attached hydrogens (tertiary/aromatic N) is 1. The van der Waals surface area contributed by atoms with E-state index in [0.717, 1.165) is 37.8 Å². The van der Waals surface area contributed by atoms with E-state index in [1.165, 1.54) is 12.1 Å². The molecule has 0 bridgehead atoms. The molecule has 3 nitrogen and oxygen atoms in total. The summed E-state index contributed by atoms with van der Waals surface area (Å²) >= 11 is 0. The fraction of sp³-hybridized carbons (Fsp3) is 0.533. The van der Waals surface area contributed by atoms with Crippen molar-refractivity contribution in [2.24, 2.45) is 5.73 Å². The van der Waals surface area contributed by atoms with Gasteiger partial charge in [0.05, 0.1) is 0 Å². The lowest BCUT2D eigenvalue weighted by Crippen LogP contribution is -2.45. The minimum atomic E-state index is -0.220. The summed E-state index contributed by atoms with van der Waals surface area (Å²) in [5.41, 5.74) is 6.94. The highest BCUT2D eigenvalue weighted by Gasteiger charge is 2.20. The molecule has 1 unspecified atom stereocenters. The second-order valence-corrected chi connectivity index (χ2v) is 5.22. The molecule has 1 amide bonds. The quantitative estimate of drug-likeness (QED) is 0.905. The summed E-state index contributed by atoms with van der Waals surface area (Å²) in [5, 5.41) is 0. The van der Waals surface area contributed by atoms with E-state index in [2.05, 4.69) is 0 Å². The van der Waals surface area contributed by atoms with Gasteiger partial charge in [0.25, 0.3) is 0 Å². The smallest absolute Gasteiger partial charge is 0.222 e. The maximum atomic E-state index is 12.7. The molecule has 1 heterocycles. The van der Waals surface area contributed by atoms with Gasteiger partial charge in [-0.2, -0.15) is 0 Å². The lowest BCUT2D eigenvalue weighted by atomic mass is 10.0. The number of carbonyl (C=O) groups excluding carboxylic acids is 1. The molecule has 1 aromatic carbocycles. The molecule has 1 aromatic rings. The van der Waals surface area contributed by atoms with Crippen molar-refractivity contribution in [2.75, 3.05) is 13.1 Å². The monoisotopic (exact) mass is 264 g/mol. The first-order valence-corrected chi connectivity index (χ1v) is 6.93. The van der Waals surface area contributed by atoms with Crippen molar-refractivity contribution in [1.29, 1.82) is 0 Å². The van der Waals surface area contributed by atoms with Gasteiger partial charge < -0.3 is 10.6 Å². The Balaban J connectivity index is 1.73. The van der Waals surface area contributed by atoms with Crippen LogP contribution in [0.1, 0.15) is 31.2 Å². The van der Waals surface area contributed by atoms with Gasteiger partial charge in [0.1, 0.15) is 5.82 Å². The van der Waals surface area contributed by atoms with Gasteiger partial charge in [-0.1, -0.05) is 12.1 Å². The summed E-state index contributed by atoms with van der Waals surface area (Å²) in [6.07, 6.45) is 4.18. The molecule has 1 fully saturated rings. The highest BCUT2D eigenvalue weighted by Crippen LogP contribution is 2.12. The van der Waals surface area contributed by atoms with Crippen molar-refractivity contribution in [2.45, 2.75) is 38.1 Å². The number of hydrogen-bond acceptors (Lipinski definition) is 2. The van der Waals surface area contributed by atoms with Gasteiger partial charge in [-0.05, 0) is 43.4 Å². The third-order valence-electron chi connectivity index (χ3n) is 3.58. The maximum absolute atomic E-state index is 12.7. The number of amides is 1. The van der Waals surface area contributed by atoms with E-state index < -0.39 is 0 Å². The van der Waals surface area contributed by atoms with Gasteiger partial charge in [-0.25, -0.2) is 4.39 Å². The normalized spacial score (nSPS) is 19.5. The molecule has 1 saturated heterocycles. The molecule has 0 aliphatic carbocycles. The highest BCUT2D eigenvalue weighted by molar-refractivity contribution is 5.76. The molecule has 0 saturated carbocycles. The van der Waals surface area contributed by atoms with Crippen molar-refractivity contribution in [1.82, 2.24) is 4.90 Å². The first kappa shape index (κ1) is 14.0. The molecule has 19 heavy (non-hydrogen) atoms. The molecule has 2 N–H and O–H groups in total. The molecular weight excluding hydrogens is 243 g/mol. The van der Waals surface area contributed by atoms with Gasteiger partial charge in [-0.15, -0.1) is 0 Å². The Morgan fingerprint density at radius 3 is 2.79 bits per heavy atom. The number of likely N-dealkylation sites (tertiary alicyclic amines) is 1. The Bertz CT molecular complexity index is 419. The molecule has 1 atom stereocenters. The largest absolute Gasteiger partial charge is 0.341 e. The number of aryl methyl sites for hydroxylation is 1. The Hall–Kier alpha value is -1.42. The fourth-order valence-corrected chi connectivity index (χ4v) is 2.49. The topological polar surface area (TPSA) is 46.3 Å². The second kappa shape index (κ2) is 6.66. The van der Waals surface area contributed by atoms with Crippen LogP contribution in [0.5, 0.6) is 0 Å². The average Bonchev–Trinajstić information content (AvgIpc) is 2.41. The Morgan fingerprint density at radius 1 is 1.37 bits per heavy atom. The third-order valence-corrected chi connectivity index (χ3v) is 3.58. The molecular formula is C15H21FN2O. The summed E-state index contributed by atoms with van der Waals surface area (Å²) in [4.78, 5) is 13.9. The second-order valence-electron chi connectivity index (χ2n) is 5.22. The molecule has 1 aliphatic heterocycles. The van der Waals surface area contributed by atoms with Crippen LogP contribution in [0.25, 0.3) is 0 Å². The summed E-state index contributed by atoms with van der Waals surface area (Å²) in [6, 6.07) is 6.60. The van der Waals surface area contributed by atoms with E-state index in [-0.39, 0.29) is 17.8 Å². The van der Waals surface area contributed by atoms with Gasteiger partial charge >= 0.3 is 0 Å². The summed E-state index contributed by atoms with van der Waals surface area (Å²) in [5.74, 6) is -0.0283. The van der Waals surface area contributed by atoms with E-state index in [1.54, 1.807) is 12.1 Å². The summed E-state index contributed by atoms with van der Waals surface area (Å²) < 4.78 is 12.7. The zero-order chi connectivity index (χ0) is 13.7. The first-order chi connectivity index (χ1) is 9.15. The van der Waals surface area contributed by atoms with Gasteiger partial charge in [0, 0.05) is 25.6 Å². The number of halogens is 1. The zero-order valence-corrected chi connectivity index (χ0v) is 11.1. The predicted molar refractivity (Wildman–Crippen MR) is 73.1 cm³/mol. The van der Waals surface area contributed by atoms with Crippen LogP contribution in [0.2, 0.25) is 0 Å². The van der Waals surface area contributed by atoms with Gasteiger partial charge in [0.2, 0.25) is 5.91 Å². The van der Waals surface area contributed by atoms with E-state index in [4.69, 9.17) is 5.73 Å². The molecule has 4 heteroatoms. The van der Waals surface area contributed by atoms with E-state index in [0.29, 0.717) is 13.0 Å². The van der Waals surface area contributed by atoms with Crippen LogP contribution < -0.4 is 5.73 Å². The van der Waals surface area contributed by atoms with E-state index >= 15 is 0 Å². The van der Waals surface area contributed by atoms with Crippen LogP contribution in [0, 0.1) is 5.82 Å². The Kier molecular flexibility index (Phi) is 4.91. The average molecular weight is 264 g/mol. The fourth-order valence-electron chi connectivity index (χ4n) is 2.49. The van der Waals surface area contributed by atoms with Crippen molar-refractivity contribution >= 4 is 5.91 Å². The maximum Gasteiger partial charge on any atom is 0.222 e. The zero-order valence-electron chi connectivity index (χ0n) is 11.1. The van der Waals surface area contributed by atoms with Gasteiger partial charge in [0.15, 0.2) is 0 Å². The lowest BCUT2D eigenvalue weighted by molar-refractivity contribution is -0.132. The molecule has 0 spiro atoms. The van der Waals surface area contributed by atoms with E-state index in [1.807, 2.05) is 4.90 Å². The molecule has 2 rings (SSSR count). The lowest BCUT2D eigenvalue weighted by Gasteiger charge is -2.30. The number of carbonyl (C=O) groups is 1. The number of rotatable bonds is 4. The van der Waals surface area contributed by atoms with Crippen molar-refractivity contribution < 1.29 is 9.18 Å². The Labute approximate surface area is 113 Å². The standard InChI is InChI=1S/C15H21FN2O/c16-13-8-6-12(7-9-13)3-1-5-15(19)18-10-2-4-14(17)11-18/h6-9,14H,1-5,10-11,17H2. The van der Waals surface area contributed by atoms with E-state index in [9.17, 15) is 9.18 Å². The van der Waals surface area contributed by atoms with Crippen LogP contribution in [0.3, 0.4) is 0 Å². The first-order valence-electron chi connectivity index (χ1n) is 6.93. The molecule has 0 radical (unpaired) electrons. The van der Waals surface area contributed by atoms with Crippen LogP contribution in [0.15, 0.2) is 24.3 Å². The van der Waals surface area contributed by atoms with Crippen molar-refractivity contribution in [3.05, 3.63) is 35.6 Å². The number of nitrogens with two attached hydrogens (primary N) is 1. The summed E-state index contributed by atoms with van der Waals surface area (Å²) in [7, 11) is 0. The van der Waals surface area contributed by atoms with Crippen LogP contribution in [0.4, 0.5) is 4.39 Å². The van der Waals surface area contributed by atoms with Gasteiger partial charge in [-0.3, -0.25) is 4.79 Å². The SMILES string of the molecule is NC1CCCN(C(=O)CCCc2ccc(F)cc2)C1. The number of benzene rings is 1. The van der Waals surface area contributed by atoms with Crippen molar-refractivity contribution in [3.63, 3.8) is 0 Å². The van der Waals surface area contributed by atoms with Crippen LogP contribution in [-0.4, -0.2) is 29.9 Å². The summed E-state index contributed by atoms with van der Waals surface area (Å²) in [6.45, 7) is 1.53.